The molecule has 0 unspecified atom stereocenters. The molecule has 0 spiro atoms. The number of phenols is 1. The number of ether oxygens (including phenoxy) is 3. The third-order valence-electron chi connectivity index (χ3n) is 5.50. The molecule has 1 aromatic heterocycles. The van der Waals surface area contributed by atoms with Gasteiger partial charge in [-0.05, 0) is 50.6 Å². The van der Waals surface area contributed by atoms with Crippen molar-refractivity contribution in [3.8, 4) is 17.2 Å². The molecule has 182 valence electrons. The van der Waals surface area contributed by atoms with Crippen molar-refractivity contribution in [3.05, 3.63) is 84.5 Å². The molecule has 0 radical (unpaired) electrons. The number of carbonyl (C=O) groups excluding carboxylic acids is 1. The van der Waals surface area contributed by atoms with Crippen LogP contribution in [0.15, 0.2) is 63.5 Å². The van der Waals surface area contributed by atoms with E-state index in [1.54, 1.807) is 56.3 Å². The molecule has 0 aliphatic carbocycles. The lowest BCUT2D eigenvalue weighted by Gasteiger charge is -2.26. The normalized spacial score (nSPS) is 15.4. The van der Waals surface area contributed by atoms with Crippen LogP contribution in [0.4, 0.5) is 0 Å². The van der Waals surface area contributed by atoms with Crippen molar-refractivity contribution in [2.24, 2.45) is 4.99 Å². The van der Waals surface area contributed by atoms with E-state index in [1.165, 1.54) is 23.0 Å². The number of carbonyl (C=O) groups is 1. The standard InChI is InChI=1S/C26H26N2O6S/c1-5-33-23-18(11-8-12-19(23)32-4)22-21(25(31)34-6-2)15(3)27-26-28(22)24(30)20(35-26)14-16-9-7-10-17(29)13-16/h7-14,22,29H,5-6H2,1-4H3/b20-14+/t22-/m1/s1. The molecule has 0 saturated carbocycles. The molecule has 0 fully saturated rings. The molecule has 3 aromatic rings. The maximum absolute atomic E-state index is 13.7. The number of hydrogen-bond acceptors (Lipinski definition) is 8. The Labute approximate surface area is 206 Å². The first-order chi connectivity index (χ1) is 16.9. The molecule has 0 bridgehead atoms. The molecular formula is C26H26N2O6S. The van der Waals surface area contributed by atoms with Crippen LogP contribution < -0.4 is 24.4 Å². The SMILES string of the molecule is CCOC(=O)C1=C(C)N=c2s/c(=C/c3cccc(O)c3)c(=O)n2[C@@H]1c1cccc(OC)c1OCC. The first kappa shape index (κ1) is 24.3. The van der Waals surface area contributed by atoms with Gasteiger partial charge in [0.05, 0.1) is 36.1 Å². The molecule has 1 aliphatic heterocycles. The van der Waals surface area contributed by atoms with E-state index in [9.17, 15) is 14.7 Å². The second kappa shape index (κ2) is 10.2. The largest absolute Gasteiger partial charge is 0.508 e. The fraction of sp³-hybridized carbons (Fsp3) is 0.269. The van der Waals surface area contributed by atoms with Gasteiger partial charge in [0.25, 0.3) is 5.56 Å². The van der Waals surface area contributed by atoms with Crippen molar-refractivity contribution in [1.82, 2.24) is 4.57 Å². The van der Waals surface area contributed by atoms with Gasteiger partial charge in [0, 0.05) is 5.56 Å². The smallest absolute Gasteiger partial charge is 0.338 e. The number of phenolic OH excluding ortho intramolecular Hbond substituents is 1. The number of para-hydroxylation sites is 1. The number of thiazole rings is 1. The highest BCUT2D eigenvalue weighted by Crippen LogP contribution is 2.40. The number of hydrogen-bond donors (Lipinski definition) is 1. The molecule has 1 atom stereocenters. The Hall–Kier alpha value is -3.85. The number of aromatic hydroxyl groups is 1. The number of esters is 1. The number of fused-ring (bicyclic) bond motifs is 1. The van der Waals surface area contributed by atoms with E-state index in [2.05, 4.69) is 4.99 Å². The van der Waals surface area contributed by atoms with Crippen LogP contribution in [0.3, 0.4) is 0 Å². The molecule has 1 N–H and O–H groups in total. The number of rotatable bonds is 7. The average Bonchev–Trinajstić information content (AvgIpc) is 3.13. The second-order valence-electron chi connectivity index (χ2n) is 7.71. The van der Waals surface area contributed by atoms with E-state index in [4.69, 9.17) is 14.2 Å². The number of nitrogens with zero attached hydrogens (tertiary/aromatic N) is 2. The first-order valence-electron chi connectivity index (χ1n) is 11.2. The van der Waals surface area contributed by atoms with E-state index in [1.807, 2.05) is 13.0 Å². The highest BCUT2D eigenvalue weighted by Gasteiger charge is 2.35. The predicted molar refractivity (Wildman–Crippen MR) is 133 cm³/mol. The summed E-state index contributed by atoms with van der Waals surface area (Å²) in [5, 5.41) is 9.82. The second-order valence-corrected chi connectivity index (χ2v) is 8.72. The Bertz CT molecular complexity index is 1480. The Morgan fingerprint density at radius 3 is 2.66 bits per heavy atom. The van der Waals surface area contributed by atoms with Crippen LogP contribution in [0.2, 0.25) is 0 Å². The lowest BCUT2D eigenvalue weighted by molar-refractivity contribution is -0.139. The molecule has 9 heteroatoms. The third-order valence-corrected chi connectivity index (χ3v) is 6.48. The molecule has 2 heterocycles. The van der Waals surface area contributed by atoms with E-state index < -0.39 is 12.0 Å². The van der Waals surface area contributed by atoms with Crippen LogP contribution in [0, 0.1) is 0 Å². The molecule has 0 amide bonds. The summed E-state index contributed by atoms with van der Waals surface area (Å²) in [6.45, 7) is 5.85. The van der Waals surface area contributed by atoms with Crippen LogP contribution in [-0.4, -0.2) is 36.0 Å². The molecule has 2 aromatic carbocycles. The van der Waals surface area contributed by atoms with E-state index in [0.717, 1.165) is 0 Å². The van der Waals surface area contributed by atoms with Gasteiger partial charge in [-0.2, -0.15) is 0 Å². The summed E-state index contributed by atoms with van der Waals surface area (Å²) in [5.74, 6) is 0.486. The van der Waals surface area contributed by atoms with Gasteiger partial charge in [-0.1, -0.05) is 35.6 Å². The summed E-state index contributed by atoms with van der Waals surface area (Å²) < 4.78 is 18.7. The van der Waals surface area contributed by atoms with Gasteiger partial charge in [-0.3, -0.25) is 9.36 Å². The van der Waals surface area contributed by atoms with Crippen molar-refractivity contribution in [2.75, 3.05) is 20.3 Å². The van der Waals surface area contributed by atoms with Crippen molar-refractivity contribution >= 4 is 23.4 Å². The third kappa shape index (κ3) is 4.59. The molecule has 8 nitrogen and oxygen atoms in total. The van der Waals surface area contributed by atoms with Crippen molar-refractivity contribution < 1.29 is 24.1 Å². The maximum Gasteiger partial charge on any atom is 0.338 e. The lowest BCUT2D eigenvalue weighted by atomic mass is 9.94. The Morgan fingerprint density at radius 2 is 1.97 bits per heavy atom. The van der Waals surface area contributed by atoms with Gasteiger partial charge in [-0.15, -0.1) is 0 Å². The number of allylic oxidation sites excluding steroid dienone is 1. The quantitative estimate of drug-likeness (QED) is 0.507. The topological polar surface area (TPSA) is 99.4 Å². The van der Waals surface area contributed by atoms with Crippen molar-refractivity contribution in [3.63, 3.8) is 0 Å². The number of aromatic nitrogens is 1. The zero-order valence-electron chi connectivity index (χ0n) is 19.9. The Kier molecular flexibility index (Phi) is 7.07. The zero-order chi connectivity index (χ0) is 25.1. The van der Waals surface area contributed by atoms with Crippen molar-refractivity contribution in [1.29, 1.82) is 0 Å². The minimum atomic E-state index is -0.826. The highest BCUT2D eigenvalue weighted by molar-refractivity contribution is 7.07. The van der Waals surface area contributed by atoms with Crippen LogP contribution in [0.5, 0.6) is 17.2 Å². The molecule has 35 heavy (non-hydrogen) atoms. The van der Waals surface area contributed by atoms with Gasteiger partial charge >= 0.3 is 5.97 Å². The monoisotopic (exact) mass is 494 g/mol. The molecule has 1 aliphatic rings. The summed E-state index contributed by atoms with van der Waals surface area (Å²) in [4.78, 5) is 31.9. The van der Waals surface area contributed by atoms with E-state index in [-0.39, 0.29) is 23.5 Å². The Balaban J connectivity index is 2.02. The van der Waals surface area contributed by atoms with E-state index >= 15 is 0 Å². The van der Waals surface area contributed by atoms with Gasteiger partial charge in [0.15, 0.2) is 16.3 Å². The number of benzene rings is 2. The van der Waals surface area contributed by atoms with Crippen LogP contribution in [-0.2, 0) is 9.53 Å². The average molecular weight is 495 g/mol. The van der Waals surface area contributed by atoms with Gasteiger partial charge in [-0.25, -0.2) is 9.79 Å². The maximum atomic E-state index is 13.7. The Morgan fingerprint density at radius 1 is 1.20 bits per heavy atom. The fourth-order valence-corrected chi connectivity index (χ4v) is 5.11. The van der Waals surface area contributed by atoms with Gasteiger partial charge < -0.3 is 19.3 Å². The zero-order valence-corrected chi connectivity index (χ0v) is 20.7. The molecule has 4 rings (SSSR count). The van der Waals surface area contributed by atoms with E-state index in [0.29, 0.717) is 44.3 Å². The summed E-state index contributed by atoms with van der Waals surface area (Å²) in [6, 6.07) is 11.2. The summed E-state index contributed by atoms with van der Waals surface area (Å²) in [7, 11) is 1.54. The lowest BCUT2D eigenvalue weighted by Crippen LogP contribution is -2.40. The highest BCUT2D eigenvalue weighted by atomic mass is 32.1. The van der Waals surface area contributed by atoms with Crippen molar-refractivity contribution in [2.45, 2.75) is 26.8 Å². The molecular weight excluding hydrogens is 468 g/mol. The predicted octanol–water partition coefficient (Wildman–Crippen LogP) is 2.91. The van der Waals surface area contributed by atoms with Crippen LogP contribution >= 0.6 is 11.3 Å². The van der Waals surface area contributed by atoms with Crippen LogP contribution in [0.25, 0.3) is 6.08 Å². The van der Waals surface area contributed by atoms with Gasteiger partial charge in [0.2, 0.25) is 0 Å². The summed E-state index contributed by atoms with van der Waals surface area (Å²) >= 11 is 1.21. The number of methoxy groups -OCH3 is 1. The fourth-order valence-electron chi connectivity index (χ4n) is 4.06. The summed E-state index contributed by atoms with van der Waals surface area (Å²) in [6.07, 6.45) is 1.69. The van der Waals surface area contributed by atoms with Crippen LogP contribution in [0.1, 0.15) is 37.9 Å². The van der Waals surface area contributed by atoms with Gasteiger partial charge in [0.1, 0.15) is 11.8 Å². The minimum Gasteiger partial charge on any atom is -0.508 e. The minimum absolute atomic E-state index is 0.0996. The summed E-state index contributed by atoms with van der Waals surface area (Å²) in [5.41, 5.74) is 1.67. The first-order valence-corrected chi connectivity index (χ1v) is 12.0. The molecule has 0 saturated heterocycles.